The van der Waals surface area contributed by atoms with Crippen LogP contribution in [0.1, 0.15) is 0 Å². The van der Waals surface area contributed by atoms with E-state index in [1.54, 1.807) is 0 Å². The molecule has 0 aliphatic carbocycles. The Labute approximate surface area is 94.7 Å². The SMILES string of the molecule is NC(=O)CONC(=O)Nc1ccc(F)c(F)c1. The molecule has 1 aromatic rings. The van der Waals surface area contributed by atoms with Crippen LogP contribution in [0.2, 0.25) is 0 Å². The normalized spacial score (nSPS) is 9.76. The molecule has 0 aromatic heterocycles. The lowest BCUT2D eigenvalue weighted by Gasteiger charge is -2.06. The number of carbonyl (C=O) groups is 2. The van der Waals surface area contributed by atoms with Crippen LogP contribution in [0.15, 0.2) is 18.2 Å². The molecule has 0 atom stereocenters. The fourth-order valence-corrected chi connectivity index (χ4v) is 0.903. The molecule has 3 amide bonds. The van der Waals surface area contributed by atoms with E-state index < -0.39 is 30.2 Å². The molecule has 0 aliphatic heterocycles. The summed E-state index contributed by atoms with van der Waals surface area (Å²) in [5.74, 6) is -2.89. The lowest BCUT2D eigenvalue weighted by atomic mass is 10.3. The van der Waals surface area contributed by atoms with Crippen molar-refractivity contribution in [2.45, 2.75) is 0 Å². The van der Waals surface area contributed by atoms with E-state index in [1.807, 2.05) is 5.48 Å². The molecule has 8 heteroatoms. The molecule has 0 unspecified atom stereocenters. The smallest absolute Gasteiger partial charge is 0.343 e. The summed E-state index contributed by atoms with van der Waals surface area (Å²) in [5, 5.41) is 2.15. The summed E-state index contributed by atoms with van der Waals surface area (Å²) in [6.07, 6.45) is 0. The average Bonchev–Trinajstić information content (AvgIpc) is 2.23. The molecular formula is C9H9F2N3O3. The third-order valence-corrected chi connectivity index (χ3v) is 1.56. The molecule has 0 bridgehead atoms. The van der Waals surface area contributed by atoms with E-state index in [1.165, 1.54) is 0 Å². The highest BCUT2D eigenvalue weighted by Gasteiger charge is 2.06. The van der Waals surface area contributed by atoms with E-state index in [0.29, 0.717) is 0 Å². The minimum Gasteiger partial charge on any atom is -0.368 e. The van der Waals surface area contributed by atoms with Crippen molar-refractivity contribution < 1.29 is 23.2 Å². The number of rotatable bonds is 4. The molecule has 0 radical (unpaired) electrons. The topological polar surface area (TPSA) is 93.5 Å². The van der Waals surface area contributed by atoms with Gasteiger partial charge in [0, 0.05) is 11.8 Å². The predicted molar refractivity (Wildman–Crippen MR) is 53.7 cm³/mol. The minimum absolute atomic E-state index is 0.0316. The molecule has 17 heavy (non-hydrogen) atoms. The molecule has 0 saturated heterocycles. The van der Waals surface area contributed by atoms with E-state index in [0.717, 1.165) is 18.2 Å². The third kappa shape index (κ3) is 4.43. The van der Waals surface area contributed by atoms with Crippen molar-refractivity contribution in [3.8, 4) is 0 Å². The summed E-state index contributed by atoms with van der Waals surface area (Å²) in [7, 11) is 0. The lowest BCUT2D eigenvalue weighted by Crippen LogP contribution is -2.32. The zero-order valence-electron chi connectivity index (χ0n) is 8.50. The lowest BCUT2D eigenvalue weighted by molar-refractivity contribution is -0.124. The fourth-order valence-electron chi connectivity index (χ4n) is 0.903. The second-order valence-electron chi connectivity index (χ2n) is 2.94. The number of benzene rings is 1. The van der Waals surface area contributed by atoms with Gasteiger partial charge in [0.1, 0.15) is 0 Å². The zero-order chi connectivity index (χ0) is 12.8. The first-order valence-electron chi connectivity index (χ1n) is 4.41. The summed E-state index contributed by atoms with van der Waals surface area (Å²) in [4.78, 5) is 25.7. The summed E-state index contributed by atoms with van der Waals surface area (Å²) in [6, 6.07) is 1.96. The molecule has 0 aliphatic rings. The standard InChI is InChI=1S/C9H9F2N3O3/c10-6-2-1-5(3-7(6)11)13-9(16)14-17-4-8(12)15/h1-3H,4H2,(H2,12,15)(H2,13,14,16). The number of anilines is 1. The first-order chi connectivity index (χ1) is 7.99. The van der Waals surface area contributed by atoms with Gasteiger partial charge in [-0.2, -0.15) is 0 Å². The van der Waals surface area contributed by atoms with Gasteiger partial charge in [-0.25, -0.2) is 19.1 Å². The Bertz CT molecular complexity index is 439. The van der Waals surface area contributed by atoms with E-state index in [-0.39, 0.29) is 5.69 Å². The van der Waals surface area contributed by atoms with Crippen molar-refractivity contribution in [3.05, 3.63) is 29.8 Å². The Morgan fingerprint density at radius 1 is 1.29 bits per heavy atom. The summed E-state index contributed by atoms with van der Waals surface area (Å²) >= 11 is 0. The van der Waals surface area contributed by atoms with E-state index in [4.69, 9.17) is 5.73 Å². The van der Waals surface area contributed by atoms with Gasteiger partial charge >= 0.3 is 6.03 Å². The molecule has 4 N–H and O–H groups in total. The monoisotopic (exact) mass is 245 g/mol. The highest BCUT2D eigenvalue weighted by atomic mass is 19.2. The van der Waals surface area contributed by atoms with Crippen molar-refractivity contribution in [3.63, 3.8) is 0 Å². The van der Waals surface area contributed by atoms with Gasteiger partial charge in [-0.05, 0) is 12.1 Å². The first kappa shape index (κ1) is 12.8. The number of carbonyl (C=O) groups excluding carboxylic acids is 2. The van der Waals surface area contributed by atoms with Crippen molar-refractivity contribution in [1.82, 2.24) is 5.48 Å². The van der Waals surface area contributed by atoms with Gasteiger partial charge in [0.15, 0.2) is 18.2 Å². The van der Waals surface area contributed by atoms with Crippen molar-refractivity contribution in [1.29, 1.82) is 0 Å². The van der Waals surface area contributed by atoms with Crippen LogP contribution < -0.4 is 16.5 Å². The fraction of sp³-hybridized carbons (Fsp3) is 0.111. The number of amides is 3. The third-order valence-electron chi connectivity index (χ3n) is 1.56. The van der Waals surface area contributed by atoms with Crippen LogP contribution >= 0.6 is 0 Å². The maximum Gasteiger partial charge on any atom is 0.343 e. The van der Waals surface area contributed by atoms with Crippen LogP contribution in [-0.4, -0.2) is 18.5 Å². The molecule has 0 heterocycles. The molecule has 0 saturated carbocycles. The Morgan fingerprint density at radius 3 is 2.59 bits per heavy atom. The maximum absolute atomic E-state index is 12.7. The number of nitrogens with two attached hydrogens (primary N) is 1. The van der Waals surface area contributed by atoms with Gasteiger partial charge in [0.05, 0.1) is 0 Å². The molecule has 1 aromatic carbocycles. The Morgan fingerprint density at radius 2 is 2.00 bits per heavy atom. The largest absolute Gasteiger partial charge is 0.368 e. The Balaban J connectivity index is 2.45. The second kappa shape index (κ2) is 5.75. The molecule has 6 nitrogen and oxygen atoms in total. The van der Waals surface area contributed by atoms with Gasteiger partial charge in [0.25, 0.3) is 0 Å². The van der Waals surface area contributed by atoms with Gasteiger partial charge in [-0.3, -0.25) is 9.63 Å². The number of nitrogens with one attached hydrogen (secondary N) is 2. The number of urea groups is 1. The minimum atomic E-state index is -1.10. The molecule has 92 valence electrons. The molecular weight excluding hydrogens is 236 g/mol. The number of hydroxylamine groups is 1. The van der Waals surface area contributed by atoms with Crippen LogP contribution in [0, 0.1) is 11.6 Å². The summed E-state index contributed by atoms with van der Waals surface area (Å²) < 4.78 is 25.3. The van der Waals surface area contributed by atoms with Crippen molar-refractivity contribution >= 4 is 17.6 Å². The zero-order valence-corrected chi connectivity index (χ0v) is 8.50. The van der Waals surface area contributed by atoms with Gasteiger partial charge in [-0.1, -0.05) is 0 Å². The summed E-state index contributed by atoms with van der Waals surface area (Å²) in [6.45, 7) is -0.495. The number of halogens is 2. The highest BCUT2D eigenvalue weighted by Crippen LogP contribution is 2.12. The van der Waals surface area contributed by atoms with Crippen molar-refractivity contribution in [2.24, 2.45) is 5.73 Å². The van der Waals surface area contributed by atoms with Crippen LogP contribution in [0.25, 0.3) is 0 Å². The average molecular weight is 245 g/mol. The van der Waals surface area contributed by atoms with E-state index >= 15 is 0 Å². The molecule has 0 fully saturated rings. The number of hydrogen-bond acceptors (Lipinski definition) is 3. The van der Waals surface area contributed by atoms with Gasteiger partial charge in [-0.15, -0.1) is 0 Å². The van der Waals surface area contributed by atoms with Gasteiger partial charge in [0.2, 0.25) is 5.91 Å². The van der Waals surface area contributed by atoms with Crippen LogP contribution in [-0.2, 0) is 9.63 Å². The second-order valence-corrected chi connectivity index (χ2v) is 2.94. The Kier molecular flexibility index (Phi) is 4.35. The molecule has 1 rings (SSSR count). The maximum atomic E-state index is 12.7. The number of primary amides is 1. The van der Waals surface area contributed by atoms with E-state index in [2.05, 4.69) is 10.2 Å². The summed E-state index contributed by atoms with van der Waals surface area (Å²) in [5.41, 5.74) is 6.60. The van der Waals surface area contributed by atoms with Crippen LogP contribution in [0.5, 0.6) is 0 Å². The van der Waals surface area contributed by atoms with Crippen LogP contribution in [0.3, 0.4) is 0 Å². The van der Waals surface area contributed by atoms with Crippen molar-refractivity contribution in [2.75, 3.05) is 11.9 Å². The predicted octanol–water partition coefficient (Wildman–Crippen LogP) is 0.503. The first-order valence-corrected chi connectivity index (χ1v) is 4.41. The quantitative estimate of drug-likeness (QED) is 0.674. The van der Waals surface area contributed by atoms with E-state index in [9.17, 15) is 18.4 Å². The van der Waals surface area contributed by atoms with Gasteiger partial charge < -0.3 is 11.1 Å². The molecule has 0 spiro atoms. The Hall–Kier alpha value is -2.22. The van der Waals surface area contributed by atoms with Crippen LogP contribution in [0.4, 0.5) is 19.3 Å². The highest BCUT2D eigenvalue weighted by molar-refractivity contribution is 5.88. The number of hydrogen-bond donors (Lipinski definition) is 3.